The smallest absolute Gasteiger partial charge is 0.303 e. The molecule has 46 heavy (non-hydrogen) atoms. The molecule has 3 aromatic carbocycles. The van der Waals surface area contributed by atoms with Gasteiger partial charge in [0.25, 0.3) is 5.91 Å². The number of carbonyl (C=O) groups is 3. The summed E-state index contributed by atoms with van der Waals surface area (Å²) in [5.74, 6) is 0.808. The molecule has 0 atom stereocenters. The lowest BCUT2D eigenvalue weighted by Gasteiger charge is -2.17. The molecule has 0 radical (unpaired) electrons. The Bertz CT molecular complexity index is 1500. The lowest BCUT2D eigenvalue weighted by molar-refractivity contribution is -0.138. The van der Waals surface area contributed by atoms with Crippen LogP contribution in [0.4, 0.5) is 0 Å². The Morgan fingerprint density at radius 1 is 0.783 bits per heavy atom. The van der Waals surface area contributed by atoms with E-state index in [1.54, 1.807) is 18.0 Å². The quantitative estimate of drug-likeness (QED) is 0.140. The number of hydrogen-bond acceptors (Lipinski definition) is 7. The van der Waals surface area contributed by atoms with E-state index in [0.29, 0.717) is 54.6 Å². The molecule has 0 unspecified atom stereocenters. The number of unbranched alkanes of at least 4 members (excludes halogenated alkanes) is 3. The van der Waals surface area contributed by atoms with Crippen molar-refractivity contribution < 1.29 is 43.5 Å². The van der Waals surface area contributed by atoms with Crippen LogP contribution < -0.4 is 18.9 Å². The number of rotatable bonds is 19. The summed E-state index contributed by atoms with van der Waals surface area (Å²) >= 11 is 0. The average molecular weight is 634 g/mol. The molecule has 0 aliphatic carbocycles. The lowest BCUT2D eigenvalue weighted by Crippen LogP contribution is -2.26. The van der Waals surface area contributed by atoms with E-state index in [9.17, 15) is 19.5 Å². The normalized spacial score (nSPS) is 11.7. The zero-order chi connectivity index (χ0) is 32.9. The number of ether oxygens (including phenoxy) is 4. The van der Waals surface area contributed by atoms with Gasteiger partial charge in [0.2, 0.25) is 6.79 Å². The lowest BCUT2D eigenvalue weighted by atomic mass is 9.97. The number of amides is 1. The van der Waals surface area contributed by atoms with Crippen LogP contribution in [-0.2, 0) is 22.4 Å². The molecule has 4 rings (SSSR count). The van der Waals surface area contributed by atoms with Gasteiger partial charge in [-0.15, -0.1) is 0 Å². The third kappa shape index (κ3) is 9.89. The van der Waals surface area contributed by atoms with E-state index in [1.807, 2.05) is 55.5 Å². The van der Waals surface area contributed by atoms with Gasteiger partial charge in [-0.2, -0.15) is 0 Å². The van der Waals surface area contributed by atoms with Crippen LogP contribution in [-0.4, -0.2) is 66.6 Å². The number of benzene rings is 3. The van der Waals surface area contributed by atoms with Gasteiger partial charge in [-0.05, 0) is 97.7 Å². The number of aliphatic carboxylic acids is 2. The third-order valence-corrected chi connectivity index (χ3v) is 7.90. The second-order valence-corrected chi connectivity index (χ2v) is 11.3. The predicted octanol–water partition coefficient (Wildman–Crippen LogP) is 6.62. The number of carbonyl (C=O) groups excluding carboxylic acids is 1. The molecule has 0 bridgehead atoms. The van der Waals surface area contributed by atoms with Crippen molar-refractivity contribution in [3.63, 3.8) is 0 Å². The maximum absolute atomic E-state index is 13.0. The SMILES string of the molecule is CCN(C)C(=O)c1cc(OCCCCCCc2cccc(OCCCC(=O)O)c2CCC(=O)O)cc(-c2ccc3c(c2)OCO3)c1. The van der Waals surface area contributed by atoms with Crippen LogP contribution in [0.1, 0.15) is 73.4 Å². The molecule has 0 spiro atoms. The van der Waals surface area contributed by atoms with E-state index in [-0.39, 0.29) is 32.1 Å². The van der Waals surface area contributed by atoms with Crippen LogP contribution in [0, 0.1) is 0 Å². The van der Waals surface area contributed by atoms with E-state index >= 15 is 0 Å². The summed E-state index contributed by atoms with van der Waals surface area (Å²) in [6, 6.07) is 17.1. The number of carboxylic acid groups (broad SMARTS) is 2. The first-order valence-electron chi connectivity index (χ1n) is 15.9. The minimum atomic E-state index is -0.873. The van der Waals surface area contributed by atoms with Gasteiger partial charge < -0.3 is 34.1 Å². The number of carboxylic acids is 2. The highest BCUT2D eigenvalue weighted by Crippen LogP contribution is 2.37. The van der Waals surface area contributed by atoms with Crippen molar-refractivity contribution in [2.24, 2.45) is 0 Å². The van der Waals surface area contributed by atoms with Gasteiger partial charge in [-0.25, -0.2) is 0 Å². The molecule has 1 heterocycles. The number of hydrogen-bond donors (Lipinski definition) is 2. The largest absolute Gasteiger partial charge is 0.494 e. The highest BCUT2D eigenvalue weighted by atomic mass is 16.7. The standard InChI is InChI=1S/C36H43NO9/c1-3-37(2)36(42)28-20-27(26-14-16-32-33(23-26)46-24-45-32)21-29(22-28)43-18-7-5-4-6-10-25-11-8-12-31(30(25)15-17-35(40)41)44-19-9-13-34(38)39/h8,11-12,14,16,20-23H,3-7,9-10,13,15,17-19,24H2,1-2H3,(H,38,39)(H,40,41). The van der Waals surface area contributed by atoms with Crippen LogP contribution in [0.15, 0.2) is 54.6 Å². The summed E-state index contributed by atoms with van der Waals surface area (Å²) in [7, 11) is 1.77. The molecule has 3 aromatic rings. The fourth-order valence-electron chi connectivity index (χ4n) is 5.28. The summed E-state index contributed by atoms with van der Waals surface area (Å²) in [6.45, 7) is 3.49. The Morgan fingerprint density at radius 3 is 2.33 bits per heavy atom. The molecule has 1 aliphatic heterocycles. The topological polar surface area (TPSA) is 132 Å². The second kappa shape index (κ2) is 17.1. The molecule has 246 valence electrons. The molecule has 0 saturated heterocycles. The van der Waals surface area contributed by atoms with Crippen LogP contribution in [0.5, 0.6) is 23.0 Å². The first-order chi connectivity index (χ1) is 22.2. The Morgan fingerprint density at radius 2 is 1.54 bits per heavy atom. The molecule has 2 N–H and O–H groups in total. The number of aryl methyl sites for hydroxylation is 1. The molecular weight excluding hydrogens is 590 g/mol. The molecule has 0 fully saturated rings. The summed E-state index contributed by atoms with van der Waals surface area (Å²) in [5, 5.41) is 18.1. The highest BCUT2D eigenvalue weighted by molar-refractivity contribution is 5.96. The van der Waals surface area contributed by atoms with E-state index in [4.69, 9.17) is 24.1 Å². The van der Waals surface area contributed by atoms with Crippen molar-refractivity contribution in [3.05, 3.63) is 71.3 Å². The Hall–Kier alpha value is -4.73. The first-order valence-corrected chi connectivity index (χ1v) is 15.9. The van der Waals surface area contributed by atoms with E-state index in [2.05, 4.69) is 0 Å². The Labute approximate surface area is 269 Å². The Kier molecular flexibility index (Phi) is 12.7. The summed E-state index contributed by atoms with van der Waals surface area (Å²) in [5.41, 5.74) is 4.25. The van der Waals surface area contributed by atoms with Crippen LogP contribution in [0.3, 0.4) is 0 Å². The zero-order valence-corrected chi connectivity index (χ0v) is 26.6. The van der Waals surface area contributed by atoms with Gasteiger partial charge in [0.05, 0.1) is 13.2 Å². The van der Waals surface area contributed by atoms with E-state index in [0.717, 1.165) is 54.4 Å². The monoisotopic (exact) mass is 633 g/mol. The molecule has 0 saturated carbocycles. The summed E-state index contributed by atoms with van der Waals surface area (Å²) in [6.07, 6.45) is 5.22. The maximum Gasteiger partial charge on any atom is 0.303 e. The first kappa shape index (κ1) is 34.1. The van der Waals surface area contributed by atoms with Crippen molar-refractivity contribution in [1.82, 2.24) is 4.90 Å². The van der Waals surface area contributed by atoms with Crippen molar-refractivity contribution in [3.8, 4) is 34.1 Å². The molecule has 0 aromatic heterocycles. The van der Waals surface area contributed by atoms with Gasteiger partial charge in [-0.1, -0.05) is 31.0 Å². The average Bonchev–Trinajstić information content (AvgIpc) is 3.53. The van der Waals surface area contributed by atoms with Gasteiger partial charge in [0.1, 0.15) is 11.5 Å². The highest BCUT2D eigenvalue weighted by Gasteiger charge is 2.18. The van der Waals surface area contributed by atoms with Crippen LogP contribution in [0.2, 0.25) is 0 Å². The third-order valence-electron chi connectivity index (χ3n) is 7.90. The van der Waals surface area contributed by atoms with Crippen molar-refractivity contribution in [1.29, 1.82) is 0 Å². The number of fused-ring (bicyclic) bond motifs is 1. The predicted molar refractivity (Wildman–Crippen MR) is 173 cm³/mol. The fraction of sp³-hybridized carbons (Fsp3) is 0.417. The van der Waals surface area contributed by atoms with Crippen molar-refractivity contribution >= 4 is 17.8 Å². The molecule has 10 nitrogen and oxygen atoms in total. The van der Waals surface area contributed by atoms with E-state index < -0.39 is 11.9 Å². The van der Waals surface area contributed by atoms with Crippen molar-refractivity contribution in [2.45, 2.75) is 64.7 Å². The summed E-state index contributed by atoms with van der Waals surface area (Å²) < 4.78 is 23.0. The molecule has 10 heteroatoms. The maximum atomic E-state index is 13.0. The van der Waals surface area contributed by atoms with Crippen molar-refractivity contribution in [2.75, 3.05) is 33.6 Å². The molecular formula is C36H43NO9. The van der Waals surface area contributed by atoms with Crippen LogP contribution in [0.25, 0.3) is 11.1 Å². The zero-order valence-electron chi connectivity index (χ0n) is 26.6. The summed E-state index contributed by atoms with van der Waals surface area (Å²) in [4.78, 5) is 36.8. The Balaban J connectivity index is 1.32. The number of nitrogens with zero attached hydrogens (tertiary/aromatic N) is 1. The van der Waals surface area contributed by atoms with Gasteiger partial charge in [0.15, 0.2) is 11.5 Å². The molecule has 1 aliphatic rings. The van der Waals surface area contributed by atoms with Gasteiger partial charge in [0, 0.05) is 32.0 Å². The minimum absolute atomic E-state index is 0.00224. The van der Waals surface area contributed by atoms with E-state index in [1.165, 1.54) is 0 Å². The fourth-order valence-corrected chi connectivity index (χ4v) is 5.28. The van der Waals surface area contributed by atoms with Crippen LogP contribution >= 0.6 is 0 Å². The molecule has 1 amide bonds. The van der Waals surface area contributed by atoms with Gasteiger partial charge >= 0.3 is 11.9 Å². The second-order valence-electron chi connectivity index (χ2n) is 11.3. The minimum Gasteiger partial charge on any atom is -0.494 e. The van der Waals surface area contributed by atoms with Gasteiger partial charge in [-0.3, -0.25) is 14.4 Å².